The number of benzene rings is 1. The highest BCUT2D eigenvalue weighted by atomic mass is 32.2. The molecule has 0 bridgehead atoms. The number of carbonyl (C=O) groups excluding carboxylic acids is 2. The molecular weight excluding hydrogens is 392 g/mol. The maximum absolute atomic E-state index is 12.6. The van der Waals surface area contributed by atoms with Crippen LogP contribution in [0.15, 0.2) is 47.8 Å². The lowest BCUT2D eigenvalue weighted by atomic mass is 10.1. The summed E-state index contributed by atoms with van der Waals surface area (Å²) in [6, 6.07) is 11.6. The highest BCUT2D eigenvalue weighted by Crippen LogP contribution is 2.33. The van der Waals surface area contributed by atoms with E-state index in [1.807, 2.05) is 50.2 Å². The van der Waals surface area contributed by atoms with Crippen LogP contribution in [0.25, 0.3) is 11.3 Å². The number of carbonyl (C=O) groups is 2. The molecule has 2 heterocycles. The third kappa shape index (κ3) is 4.40. The van der Waals surface area contributed by atoms with E-state index in [1.54, 1.807) is 6.92 Å². The van der Waals surface area contributed by atoms with E-state index in [4.69, 9.17) is 5.73 Å². The zero-order valence-electron chi connectivity index (χ0n) is 15.7. The van der Waals surface area contributed by atoms with Crippen LogP contribution in [0.3, 0.4) is 0 Å². The van der Waals surface area contributed by atoms with Crippen molar-refractivity contribution in [3.8, 4) is 11.3 Å². The van der Waals surface area contributed by atoms with Gasteiger partial charge in [-0.2, -0.15) is 0 Å². The average molecular weight is 413 g/mol. The number of nitrogens with one attached hydrogen (secondary N) is 1. The summed E-state index contributed by atoms with van der Waals surface area (Å²) < 4.78 is 0. The molecule has 3 rings (SSSR count). The number of thioether (sulfide) groups is 1. The topological polar surface area (TPSA) is 98.0 Å². The van der Waals surface area contributed by atoms with E-state index in [0.29, 0.717) is 15.6 Å². The van der Waals surface area contributed by atoms with Gasteiger partial charge in [-0.25, -0.2) is 9.97 Å². The molecule has 0 aliphatic heterocycles. The number of aromatic nitrogens is 2. The van der Waals surface area contributed by atoms with Crippen LogP contribution in [0.1, 0.15) is 27.7 Å². The summed E-state index contributed by atoms with van der Waals surface area (Å²) in [6.07, 6.45) is 1.49. The Morgan fingerprint density at radius 3 is 2.57 bits per heavy atom. The second-order valence-electron chi connectivity index (χ2n) is 6.21. The van der Waals surface area contributed by atoms with Crippen LogP contribution in [0.5, 0.6) is 0 Å². The van der Waals surface area contributed by atoms with Crippen molar-refractivity contribution in [2.24, 2.45) is 5.73 Å². The second-order valence-corrected chi connectivity index (χ2v) is 8.79. The first-order valence-corrected chi connectivity index (χ1v) is 10.3. The molecule has 6 nitrogen and oxygen atoms in total. The summed E-state index contributed by atoms with van der Waals surface area (Å²) in [7, 11) is 0. The number of aryl methyl sites for hydroxylation is 1. The van der Waals surface area contributed by atoms with Gasteiger partial charge in [0.05, 0.1) is 16.5 Å². The fourth-order valence-corrected chi connectivity index (χ4v) is 4.52. The lowest BCUT2D eigenvalue weighted by molar-refractivity contribution is -0.115. The summed E-state index contributed by atoms with van der Waals surface area (Å²) in [5.74, 6) is -0.755. The quantitative estimate of drug-likeness (QED) is 0.470. The Hall–Kier alpha value is -2.71. The van der Waals surface area contributed by atoms with Gasteiger partial charge >= 0.3 is 0 Å². The van der Waals surface area contributed by atoms with Crippen molar-refractivity contribution in [1.82, 2.24) is 9.97 Å². The molecule has 0 aliphatic carbocycles. The van der Waals surface area contributed by atoms with Crippen molar-refractivity contribution in [2.75, 3.05) is 5.32 Å². The van der Waals surface area contributed by atoms with Crippen molar-refractivity contribution >= 4 is 39.9 Å². The third-order valence-electron chi connectivity index (χ3n) is 4.25. The van der Waals surface area contributed by atoms with Crippen LogP contribution in [0.2, 0.25) is 0 Å². The van der Waals surface area contributed by atoms with E-state index in [0.717, 1.165) is 21.7 Å². The molecule has 1 unspecified atom stereocenters. The molecule has 1 atom stereocenters. The lowest BCUT2D eigenvalue weighted by Gasteiger charge is -2.12. The molecule has 2 amide bonds. The molecule has 144 valence electrons. The molecular formula is C20H20N4O2S2. The van der Waals surface area contributed by atoms with Crippen LogP contribution in [0, 0.1) is 13.8 Å². The van der Waals surface area contributed by atoms with Gasteiger partial charge in [0, 0.05) is 10.4 Å². The van der Waals surface area contributed by atoms with Crippen LogP contribution in [0.4, 0.5) is 5.00 Å². The van der Waals surface area contributed by atoms with Crippen molar-refractivity contribution in [2.45, 2.75) is 31.0 Å². The van der Waals surface area contributed by atoms with E-state index >= 15 is 0 Å². The number of rotatable bonds is 6. The number of nitrogens with two attached hydrogens (primary N) is 1. The van der Waals surface area contributed by atoms with Crippen LogP contribution < -0.4 is 11.1 Å². The normalized spacial score (nSPS) is 11.8. The van der Waals surface area contributed by atoms with E-state index in [-0.39, 0.29) is 5.91 Å². The third-order valence-corrected chi connectivity index (χ3v) is 6.40. The van der Waals surface area contributed by atoms with Gasteiger partial charge in [0.2, 0.25) is 5.91 Å². The van der Waals surface area contributed by atoms with Crippen LogP contribution in [-0.2, 0) is 4.79 Å². The van der Waals surface area contributed by atoms with Crippen molar-refractivity contribution in [1.29, 1.82) is 0 Å². The molecule has 3 N–H and O–H groups in total. The Bertz CT molecular complexity index is 1020. The highest BCUT2D eigenvalue weighted by molar-refractivity contribution is 8.00. The lowest BCUT2D eigenvalue weighted by Crippen LogP contribution is -2.24. The molecule has 1 aromatic carbocycles. The minimum absolute atomic E-state index is 0.214. The number of primary amides is 1. The summed E-state index contributed by atoms with van der Waals surface area (Å²) in [6.45, 7) is 5.51. The zero-order chi connectivity index (χ0) is 20.3. The Balaban J connectivity index is 1.74. The van der Waals surface area contributed by atoms with E-state index in [9.17, 15) is 9.59 Å². The summed E-state index contributed by atoms with van der Waals surface area (Å²) in [4.78, 5) is 33.9. The van der Waals surface area contributed by atoms with Gasteiger partial charge < -0.3 is 11.1 Å². The van der Waals surface area contributed by atoms with Crippen molar-refractivity contribution in [3.05, 3.63) is 58.7 Å². The predicted octanol–water partition coefficient (Wildman–Crippen LogP) is 4.04. The number of nitrogens with zero attached hydrogens (tertiary/aromatic N) is 2. The predicted molar refractivity (Wildman–Crippen MR) is 114 cm³/mol. The number of thiophene rings is 1. The van der Waals surface area contributed by atoms with E-state index < -0.39 is 11.2 Å². The fraction of sp³-hybridized carbons (Fsp3) is 0.200. The number of hydrogen-bond donors (Lipinski definition) is 2. The van der Waals surface area contributed by atoms with Gasteiger partial charge in [0.25, 0.3) is 5.91 Å². The van der Waals surface area contributed by atoms with Gasteiger partial charge in [-0.1, -0.05) is 42.1 Å². The van der Waals surface area contributed by atoms with E-state index in [2.05, 4.69) is 15.3 Å². The van der Waals surface area contributed by atoms with Crippen molar-refractivity contribution < 1.29 is 9.59 Å². The Morgan fingerprint density at radius 2 is 1.89 bits per heavy atom. The molecule has 8 heteroatoms. The smallest absolute Gasteiger partial charge is 0.251 e. The van der Waals surface area contributed by atoms with Gasteiger partial charge in [-0.05, 0) is 32.4 Å². The second kappa shape index (κ2) is 8.53. The fourth-order valence-electron chi connectivity index (χ4n) is 2.63. The summed E-state index contributed by atoms with van der Waals surface area (Å²) in [5, 5.41) is 3.61. The first-order valence-electron chi connectivity index (χ1n) is 8.61. The van der Waals surface area contributed by atoms with Gasteiger partial charge in [0.15, 0.2) is 0 Å². The summed E-state index contributed by atoms with van der Waals surface area (Å²) >= 11 is 2.68. The first kappa shape index (κ1) is 20.0. The standard InChI is InChI=1S/C20H20N4O2S2/c1-11-12(2)28-20(17(11)18(21)25)24-19(26)13(3)27-16-9-15(22-10-23-16)14-7-5-4-6-8-14/h4-10,13H,1-3H3,(H2,21,25)(H,24,26). The summed E-state index contributed by atoms with van der Waals surface area (Å²) in [5.41, 5.74) is 8.43. The minimum Gasteiger partial charge on any atom is -0.365 e. The average Bonchev–Trinajstić information content (AvgIpc) is 2.96. The molecule has 0 aliphatic rings. The van der Waals surface area contributed by atoms with Gasteiger partial charge in [0.1, 0.15) is 16.4 Å². The Kier molecular flexibility index (Phi) is 6.11. The monoisotopic (exact) mass is 412 g/mol. The highest BCUT2D eigenvalue weighted by Gasteiger charge is 2.22. The maximum atomic E-state index is 12.6. The number of hydrogen-bond acceptors (Lipinski definition) is 6. The number of anilines is 1. The molecule has 0 saturated carbocycles. The first-order chi connectivity index (χ1) is 13.4. The van der Waals surface area contributed by atoms with Gasteiger partial charge in [-0.15, -0.1) is 11.3 Å². The number of amides is 2. The Labute approximate surface area is 171 Å². The molecule has 0 fully saturated rings. The molecule has 2 aromatic heterocycles. The molecule has 28 heavy (non-hydrogen) atoms. The largest absolute Gasteiger partial charge is 0.365 e. The molecule has 0 spiro atoms. The zero-order valence-corrected chi connectivity index (χ0v) is 17.4. The van der Waals surface area contributed by atoms with Crippen LogP contribution in [-0.4, -0.2) is 27.0 Å². The molecule has 0 saturated heterocycles. The Morgan fingerprint density at radius 1 is 1.18 bits per heavy atom. The van der Waals surface area contributed by atoms with Crippen molar-refractivity contribution in [3.63, 3.8) is 0 Å². The van der Waals surface area contributed by atoms with E-state index in [1.165, 1.54) is 29.4 Å². The SMILES string of the molecule is Cc1sc(NC(=O)C(C)Sc2cc(-c3ccccc3)ncn2)c(C(N)=O)c1C. The molecule has 0 radical (unpaired) electrons. The van der Waals surface area contributed by atoms with Gasteiger partial charge in [-0.3, -0.25) is 9.59 Å². The minimum atomic E-state index is -0.541. The van der Waals surface area contributed by atoms with Crippen LogP contribution >= 0.6 is 23.1 Å². The maximum Gasteiger partial charge on any atom is 0.251 e. The molecule has 3 aromatic rings.